The predicted octanol–water partition coefficient (Wildman–Crippen LogP) is 3.58. The second-order valence-corrected chi connectivity index (χ2v) is 4.23. The van der Waals surface area contributed by atoms with E-state index in [4.69, 9.17) is 27.9 Å². The molecule has 1 aromatic carbocycles. The number of hydrogen-bond donors (Lipinski definition) is 0. The molecular formula is C12H15Cl2FO. The van der Waals surface area contributed by atoms with Gasteiger partial charge in [-0.05, 0) is 24.6 Å². The minimum Gasteiger partial charge on any atom is -0.381 e. The zero-order valence-electron chi connectivity index (χ0n) is 9.18. The van der Waals surface area contributed by atoms with Crippen LogP contribution in [0.3, 0.4) is 0 Å². The lowest BCUT2D eigenvalue weighted by atomic mass is 9.85. The maximum atomic E-state index is 13.2. The summed E-state index contributed by atoms with van der Waals surface area (Å²) in [4.78, 5) is 0. The molecule has 16 heavy (non-hydrogen) atoms. The highest BCUT2D eigenvalue weighted by atomic mass is 35.5. The van der Waals surface area contributed by atoms with Crippen molar-refractivity contribution < 1.29 is 9.13 Å². The van der Waals surface area contributed by atoms with Gasteiger partial charge in [-0.2, -0.15) is 0 Å². The van der Waals surface area contributed by atoms with E-state index < -0.39 is 5.41 Å². The first-order valence-electron chi connectivity index (χ1n) is 5.14. The van der Waals surface area contributed by atoms with Crippen LogP contribution in [0.15, 0.2) is 24.3 Å². The lowest BCUT2D eigenvalue weighted by Gasteiger charge is -2.29. The average Bonchev–Trinajstić information content (AvgIpc) is 2.31. The SMILES string of the molecule is CCOCC(CCl)(CCl)c1cccc(F)c1. The number of rotatable bonds is 6. The van der Waals surface area contributed by atoms with E-state index in [0.29, 0.717) is 25.0 Å². The summed E-state index contributed by atoms with van der Waals surface area (Å²) in [7, 11) is 0. The molecule has 90 valence electrons. The van der Waals surface area contributed by atoms with E-state index in [0.717, 1.165) is 5.56 Å². The normalized spacial score (nSPS) is 11.8. The number of alkyl halides is 2. The highest BCUT2D eigenvalue weighted by Crippen LogP contribution is 2.28. The maximum absolute atomic E-state index is 13.2. The van der Waals surface area contributed by atoms with Crippen molar-refractivity contribution in [3.63, 3.8) is 0 Å². The molecule has 0 amide bonds. The molecule has 0 unspecified atom stereocenters. The second kappa shape index (κ2) is 6.43. The van der Waals surface area contributed by atoms with Gasteiger partial charge in [0.05, 0.1) is 6.61 Å². The molecule has 0 saturated carbocycles. The van der Waals surface area contributed by atoms with Gasteiger partial charge in [0.1, 0.15) is 5.82 Å². The van der Waals surface area contributed by atoms with Crippen LogP contribution in [0.4, 0.5) is 4.39 Å². The van der Waals surface area contributed by atoms with Gasteiger partial charge in [-0.25, -0.2) is 4.39 Å². The molecule has 0 fully saturated rings. The first kappa shape index (κ1) is 13.8. The minimum atomic E-state index is -0.513. The van der Waals surface area contributed by atoms with Crippen LogP contribution in [0, 0.1) is 5.82 Å². The molecule has 1 nitrogen and oxygen atoms in total. The minimum absolute atomic E-state index is 0.284. The van der Waals surface area contributed by atoms with Crippen molar-refractivity contribution in [1.29, 1.82) is 0 Å². The zero-order chi connectivity index (χ0) is 12.0. The summed E-state index contributed by atoms with van der Waals surface area (Å²) in [5, 5.41) is 0. The first-order chi connectivity index (χ1) is 7.68. The van der Waals surface area contributed by atoms with Gasteiger partial charge in [-0.1, -0.05) is 12.1 Å². The third-order valence-electron chi connectivity index (χ3n) is 2.53. The fourth-order valence-corrected chi connectivity index (χ4v) is 2.21. The third kappa shape index (κ3) is 3.09. The molecular weight excluding hydrogens is 250 g/mol. The summed E-state index contributed by atoms with van der Waals surface area (Å²) >= 11 is 11.9. The molecule has 0 bridgehead atoms. The van der Waals surface area contributed by atoms with Crippen molar-refractivity contribution in [2.45, 2.75) is 12.3 Å². The molecule has 0 aliphatic rings. The summed E-state index contributed by atoms with van der Waals surface area (Å²) in [6.07, 6.45) is 0. The van der Waals surface area contributed by atoms with E-state index >= 15 is 0 Å². The lowest BCUT2D eigenvalue weighted by Crippen LogP contribution is -2.36. The summed E-state index contributed by atoms with van der Waals surface area (Å²) in [5.41, 5.74) is 0.271. The van der Waals surface area contributed by atoms with E-state index in [1.54, 1.807) is 6.07 Å². The number of halogens is 3. The highest BCUT2D eigenvalue weighted by Gasteiger charge is 2.31. The number of benzene rings is 1. The van der Waals surface area contributed by atoms with Crippen LogP contribution in [0.1, 0.15) is 12.5 Å². The van der Waals surface area contributed by atoms with Gasteiger partial charge < -0.3 is 4.74 Å². The van der Waals surface area contributed by atoms with Gasteiger partial charge in [-0.15, -0.1) is 23.2 Å². The summed E-state index contributed by atoms with van der Waals surface area (Å²) in [5.74, 6) is 0.327. The predicted molar refractivity (Wildman–Crippen MR) is 66.0 cm³/mol. The average molecular weight is 265 g/mol. The molecule has 0 spiro atoms. The molecule has 1 rings (SSSR count). The van der Waals surface area contributed by atoms with Crippen LogP contribution >= 0.6 is 23.2 Å². The molecule has 0 N–H and O–H groups in total. The Labute approximate surface area is 106 Å². The molecule has 0 aromatic heterocycles. The largest absolute Gasteiger partial charge is 0.381 e. The molecule has 1 aromatic rings. The van der Waals surface area contributed by atoms with Gasteiger partial charge >= 0.3 is 0 Å². The molecule has 0 radical (unpaired) electrons. The van der Waals surface area contributed by atoms with Crippen molar-refractivity contribution in [3.05, 3.63) is 35.6 Å². The van der Waals surface area contributed by atoms with Crippen LogP contribution in [0.2, 0.25) is 0 Å². The summed E-state index contributed by atoms with van der Waals surface area (Å²) < 4.78 is 18.5. The van der Waals surface area contributed by atoms with Crippen LogP contribution in [0.25, 0.3) is 0 Å². The fourth-order valence-electron chi connectivity index (χ4n) is 1.47. The maximum Gasteiger partial charge on any atom is 0.123 e. The fraction of sp³-hybridized carbons (Fsp3) is 0.500. The number of ether oxygens (including phenoxy) is 1. The summed E-state index contributed by atoms with van der Waals surface area (Å²) in [6.45, 7) is 2.89. The van der Waals surface area contributed by atoms with E-state index in [-0.39, 0.29) is 5.82 Å². The standard InChI is InChI=1S/C12H15Cl2FO/c1-2-16-9-12(7-13,8-14)10-4-3-5-11(15)6-10/h3-6H,2,7-9H2,1H3. The molecule has 0 heterocycles. The van der Waals surface area contributed by atoms with Gasteiger partial charge in [-0.3, -0.25) is 0 Å². The monoisotopic (exact) mass is 264 g/mol. The van der Waals surface area contributed by atoms with Gasteiger partial charge in [0.15, 0.2) is 0 Å². The van der Waals surface area contributed by atoms with Crippen molar-refractivity contribution in [2.24, 2.45) is 0 Å². The Kier molecular flexibility index (Phi) is 5.53. The molecule has 4 heteroatoms. The van der Waals surface area contributed by atoms with Crippen LogP contribution in [-0.2, 0) is 10.2 Å². The van der Waals surface area contributed by atoms with Gasteiger partial charge in [0, 0.05) is 23.8 Å². The van der Waals surface area contributed by atoms with E-state index in [2.05, 4.69) is 0 Å². The molecule has 0 aliphatic carbocycles. The number of hydrogen-bond acceptors (Lipinski definition) is 1. The Morgan fingerprint density at radius 3 is 2.50 bits per heavy atom. The van der Waals surface area contributed by atoms with Crippen molar-refractivity contribution >= 4 is 23.2 Å². The smallest absolute Gasteiger partial charge is 0.123 e. The van der Waals surface area contributed by atoms with Crippen LogP contribution < -0.4 is 0 Å². The Morgan fingerprint density at radius 1 is 1.31 bits per heavy atom. The lowest BCUT2D eigenvalue weighted by molar-refractivity contribution is 0.108. The quantitative estimate of drug-likeness (QED) is 0.714. The Balaban J connectivity index is 2.99. The van der Waals surface area contributed by atoms with Crippen molar-refractivity contribution in [3.8, 4) is 0 Å². The Morgan fingerprint density at radius 2 is 2.00 bits per heavy atom. The van der Waals surface area contributed by atoms with E-state index in [1.165, 1.54) is 12.1 Å². The van der Waals surface area contributed by atoms with Crippen molar-refractivity contribution in [1.82, 2.24) is 0 Å². The van der Waals surface area contributed by atoms with Gasteiger partial charge in [0.25, 0.3) is 0 Å². The molecule has 0 aliphatic heterocycles. The Bertz CT molecular complexity index is 327. The Hall–Kier alpha value is -0.310. The van der Waals surface area contributed by atoms with Crippen LogP contribution in [-0.4, -0.2) is 25.0 Å². The van der Waals surface area contributed by atoms with Crippen molar-refractivity contribution in [2.75, 3.05) is 25.0 Å². The molecule has 0 saturated heterocycles. The summed E-state index contributed by atoms with van der Waals surface area (Å²) in [6, 6.07) is 6.35. The van der Waals surface area contributed by atoms with Crippen LogP contribution in [0.5, 0.6) is 0 Å². The second-order valence-electron chi connectivity index (χ2n) is 3.70. The topological polar surface area (TPSA) is 9.23 Å². The zero-order valence-corrected chi connectivity index (χ0v) is 10.7. The third-order valence-corrected chi connectivity index (χ3v) is 3.55. The van der Waals surface area contributed by atoms with Gasteiger partial charge in [0.2, 0.25) is 0 Å². The first-order valence-corrected chi connectivity index (χ1v) is 6.21. The molecule has 0 atom stereocenters. The van der Waals surface area contributed by atoms with E-state index in [9.17, 15) is 4.39 Å². The highest BCUT2D eigenvalue weighted by molar-refractivity contribution is 6.22. The van der Waals surface area contributed by atoms with E-state index in [1.807, 2.05) is 13.0 Å².